The van der Waals surface area contributed by atoms with E-state index in [1.165, 1.54) is 0 Å². The van der Waals surface area contributed by atoms with Crippen molar-refractivity contribution in [1.82, 2.24) is 9.47 Å². The fraction of sp³-hybridized carbons (Fsp3) is 0.500. The molecule has 0 N–H and O–H groups in total. The molecule has 1 aliphatic carbocycles. The summed E-state index contributed by atoms with van der Waals surface area (Å²) in [4.78, 5) is 41.4. The molecule has 1 aromatic carbocycles. The van der Waals surface area contributed by atoms with Crippen molar-refractivity contribution in [3.8, 4) is 0 Å². The van der Waals surface area contributed by atoms with Gasteiger partial charge in [-0.2, -0.15) is 0 Å². The van der Waals surface area contributed by atoms with E-state index in [0.29, 0.717) is 25.2 Å². The van der Waals surface area contributed by atoms with Crippen molar-refractivity contribution in [2.75, 3.05) is 13.1 Å². The number of carbonyl (C=O) groups excluding carboxylic acids is 2. The number of nitrogens with zero attached hydrogens (tertiary/aromatic N) is 2. The smallest absolute Gasteiger partial charge is 0.339 e. The summed E-state index contributed by atoms with van der Waals surface area (Å²) in [6, 6.07) is 12.9. The molecular formula is C26H28N2O4. The Hall–Kier alpha value is -2.89. The SMILES string of the molecule is O=C1OC2(CCCCC2)C(C(=O)N2CC3CC(C2)c2cccc(=O)n2C3)c2ccccc21. The second-order valence-electron chi connectivity index (χ2n) is 9.98. The molecule has 1 saturated heterocycles. The van der Waals surface area contributed by atoms with Crippen LogP contribution in [0.15, 0.2) is 47.3 Å². The topological polar surface area (TPSA) is 68.6 Å². The maximum atomic E-state index is 14.2. The molecule has 3 atom stereocenters. The molecule has 0 radical (unpaired) electrons. The Morgan fingerprint density at radius 2 is 1.75 bits per heavy atom. The van der Waals surface area contributed by atoms with Crippen LogP contribution in [0.2, 0.25) is 0 Å². The number of esters is 1. The number of likely N-dealkylation sites (tertiary alicyclic amines) is 1. The second-order valence-corrected chi connectivity index (χ2v) is 9.98. The number of carbonyl (C=O) groups is 2. The largest absolute Gasteiger partial charge is 0.454 e. The molecule has 1 saturated carbocycles. The zero-order chi connectivity index (χ0) is 21.9. The number of amides is 1. The van der Waals surface area contributed by atoms with Crippen LogP contribution in [0.4, 0.5) is 0 Å². The highest BCUT2D eigenvalue weighted by Gasteiger charge is 2.54. The zero-order valence-corrected chi connectivity index (χ0v) is 18.2. The summed E-state index contributed by atoms with van der Waals surface area (Å²) in [6.07, 6.45) is 5.54. The van der Waals surface area contributed by atoms with E-state index in [-0.39, 0.29) is 29.3 Å². The molecule has 3 unspecified atom stereocenters. The molecule has 3 aliphatic heterocycles. The van der Waals surface area contributed by atoms with Gasteiger partial charge in [0.1, 0.15) is 11.5 Å². The first-order valence-electron chi connectivity index (χ1n) is 11.9. The zero-order valence-electron chi connectivity index (χ0n) is 18.2. The molecule has 1 amide bonds. The molecule has 1 aromatic heterocycles. The first-order valence-corrected chi connectivity index (χ1v) is 11.9. The van der Waals surface area contributed by atoms with Gasteiger partial charge in [-0.1, -0.05) is 30.7 Å². The lowest BCUT2D eigenvalue weighted by Crippen LogP contribution is -2.56. The quantitative estimate of drug-likeness (QED) is 0.648. The lowest BCUT2D eigenvalue weighted by atomic mass is 9.69. The summed E-state index contributed by atoms with van der Waals surface area (Å²) in [6.45, 7) is 1.93. The van der Waals surface area contributed by atoms with Crippen LogP contribution >= 0.6 is 0 Å². The van der Waals surface area contributed by atoms with Crippen LogP contribution in [0.25, 0.3) is 0 Å². The number of benzene rings is 1. The molecule has 4 heterocycles. The van der Waals surface area contributed by atoms with E-state index in [1.807, 2.05) is 39.8 Å². The normalized spacial score (nSPS) is 27.9. The summed E-state index contributed by atoms with van der Waals surface area (Å²) in [7, 11) is 0. The van der Waals surface area contributed by atoms with Crippen molar-refractivity contribution in [3.63, 3.8) is 0 Å². The lowest BCUT2D eigenvalue weighted by Gasteiger charge is -2.49. The minimum atomic E-state index is -0.734. The highest BCUT2D eigenvalue weighted by molar-refractivity contribution is 5.98. The fourth-order valence-electron chi connectivity index (χ4n) is 6.67. The third-order valence-corrected chi connectivity index (χ3v) is 8.05. The molecule has 1 spiro atoms. The van der Waals surface area contributed by atoms with Gasteiger partial charge in [0.05, 0.1) is 5.56 Å². The van der Waals surface area contributed by atoms with E-state index in [0.717, 1.165) is 49.8 Å². The van der Waals surface area contributed by atoms with Crippen molar-refractivity contribution >= 4 is 11.9 Å². The number of pyridine rings is 1. The molecule has 2 fully saturated rings. The number of hydrogen-bond acceptors (Lipinski definition) is 4. The first-order chi connectivity index (χ1) is 15.6. The summed E-state index contributed by atoms with van der Waals surface area (Å²) in [5.74, 6) is -0.227. The summed E-state index contributed by atoms with van der Waals surface area (Å²) < 4.78 is 7.99. The average Bonchev–Trinajstić information content (AvgIpc) is 2.80. The molecular weight excluding hydrogens is 404 g/mol. The van der Waals surface area contributed by atoms with E-state index in [1.54, 1.807) is 12.1 Å². The van der Waals surface area contributed by atoms with Crippen molar-refractivity contribution in [3.05, 3.63) is 69.6 Å². The Balaban J connectivity index is 1.38. The van der Waals surface area contributed by atoms with E-state index in [4.69, 9.17) is 4.74 Å². The van der Waals surface area contributed by atoms with Crippen molar-refractivity contribution in [1.29, 1.82) is 0 Å². The monoisotopic (exact) mass is 432 g/mol. The van der Waals surface area contributed by atoms with Crippen LogP contribution in [-0.2, 0) is 16.1 Å². The predicted molar refractivity (Wildman–Crippen MR) is 119 cm³/mol. The number of fused-ring (bicyclic) bond motifs is 5. The Morgan fingerprint density at radius 1 is 0.938 bits per heavy atom. The fourth-order valence-corrected chi connectivity index (χ4v) is 6.67. The third kappa shape index (κ3) is 2.95. The summed E-state index contributed by atoms with van der Waals surface area (Å²) in [5.41, 5.74) is 1.70. The molecule has 6 heteroatoms. The third-order valence-electron chi connectivity index (χ3n) is 8.05. The van der Waals surface area contributed by atoms with Gasteiger partial charge in [-0.25, -0.2) is 4.79 Å². The second kappa shape index (κ2) is 7.32. The van der Waals surface area contributed by atoms with Gasteiger partial charge in [-0.15, -0.1) is 0 Å². The molecule has 6 rings (SSSR count). The van der Waals surface area contributed by atoms with Crippen LogP contribution in [0.3, 0.4) is 0 Å². The minimum absolute atomic E-state index is 0.0475. The summed E-state index contributed by atoms with van der Waals surface area (Å²) >= 11 is 0. The molecule has 166 valence electrons. The summed E-state index contributed by atoms with van der Waals surface area (Å²) in [5, 5.41) is 0. The van der Waals surface area contributed by atoms with E-state index in [9.17, 15) is 14.4 Å². The Bertz CT molecular complexity index is 1150. The van der Waals surface area contributed by atoms with Crippen LogP contribution in [0.5, 0.6) is 0 Å². The number of ether oxygens (including phenoxy) is 1. The van der Waals surface area contributed by atoms with Gasteiger partial charge >= 0.3 is 5.97 Å². The van der Waals surface area contributed by atoms with E-state index < -0.39 is 11.5 Å². The molecule has 4 aliphatic rings. The van der Waals surface area contributed by atoms with Crippen LogP contribution < -0.4 is 5.56 Å². The highest BCUT2D eigenvalue weighted by atomic mass is 16.6. The lowest BCUT2D eigenvalue weighted by molar-refractivity contribution is -0.146. The van der Waals surface area contributed by atoms with Gasteiger partial charge < -0.3 is 14.2 Å². The van der Waals surface area contributed by atoms with Crippen LogP contribution in [0, 0.1) is 5.92 Å². The van der Waals surface area contributed by atoms with E-state index in [2.05, 4.69) is 0 Å². The van der Waals surface area contributed by atoms with Gasteiger partial charge in [-0.3, -0.25) is 9.59 Å². The number of rotatable bonds is 1. The first kappa shape index (κ1) is 19.8. The van der Waals surface area contributed by atoms with Crippen LogP contribution in [-0.4, -0.2) is 40.0 Å². The molecule has 6 nitrogen and oxygen atoms in total. The van der Waals surface area contributed by atoms with Gasteiger partial charge in [0.25, 0.3) is 5.56 Å². The standard InChI is InChI=1S/C26H28N2O4/c29-22-10-6-9-21-18-13-17(15-28(21)22)14-27(16-18)24(30)23-19-7-2-3-8-20(19)25(31)32-26(23)11-4-1-5-12-26/h2-3,6-10,17-18,23H,1,4-5,11-16H2. The van der Waals surface area contributed by atoms with Crippen LogP contribution in [0.1, 0.15) is 72.0 Å². The van der Waals surface area contributed by atoms with Crippen molar-refractivity contribution in [2.45, 2.75) is 62.5 Å². The van der Waals surface area contributed by atoms with Gasteiger partial charge in [0.15, 0.2) is 0 Å². The maximum absolute atomic E-state index is 14.2. The highest BCUT2D eigenvalue weighted by Crippen LogP contribution is 2.49. The molecule has 32 heavy (non-hydrogen) atoms. The van der Waals surface area contributed by atoms with Gasteiger partial charge in [-0.05, 0) is 55.7 Å². The van der Waals surface area contributed by atoms with Gasteiger partial charge in [0, 0.05) is 37.3 Å². The number of hydrogen-bond donors (Lipinski definition) is 0. The Kier molecular flexibility index (Phi) is 4.52. The Morgan fingerprint density at radius 3 is 2.59 bits per heavy atom. The average molecular weight is 433 g/mol. The van der Waals surface area contributed by atoms with Crippen molar-refractivity contribution < 1.29 is 14.3 Å². The van der Waals surface area contributed by atoms with E-state index >= 15 is 0 Å². The minimum Gasteiger partial charge on any atom is -0.454 e. The number of aromatic nitrogens is 1. The Labute approximate surface area is 187 Å². The molecule has 2 aromatic rings. The number of piperidine rings is 1. The van der Waals surface area contributed by atoms with Crippen molar-refractivity contribution in [2.24, 2.45) is 5.92 Å². The predicted octanol–water partition coefficient (Wildman–Crippen LogP) is 3.45. The van der Waals surface area contributed by atoms with Gasteiger partial charge in [0.2, 0.25) is 5.91 Å². The molecule has 2 bridgehead atoms. The maximum Gasteiger partial charge on any atom is 0.339 e.